The summed E-state index contributed by atoms with van der Waals surface area (Å²) in [6, 6.07) is 20.5. The lowest BCUT2D eigenvalue weighted by atomic mass is 9.91. The zero-order chi connectivity index (χ0) is 28.3. The van der Waals surface area contributed by atoms with E-state index in [1.807, 2.05) is 18.2 Å². The van der Waals surface area contributed by atoms with Crippen LogP contribution >= 0.6 is 23.2 Å². The van der Waals surface area contributed by atoms with E-state index in [4.69, 9.17) is 23.2 Å². The molecule has 0 radical (unpaired) electrons. The van der Waals surface area contributed by atoms with E-state index in [9.17, 15) is 18.0 Å². The standard InChI is InChI=1S/C30H31Cl2N3O4S/c31-23-8-13-27(32)26(20-23)30(37)35-16-4-7-28(35)29(36)33-24-9-11-25(12-10-24)40(38,39)34-17-14-22(15-18-34)19-21-5-2-1-3-6-21/h1-3,5-6,8-13,20,22,28H,4,7,14-19H2,(H,33,36). The molecule has 2 fully saturated rings. The van der Waals surface area contributed by atoms with Crippen molar-refractivity contribution < 1.29 is 18.0 Å². The Labute approximate surface area is 245 Å². The maximum absolute atomic E-state index is 13.3. The third-order valence-electron chi connectivity index (χ3n) is 7.68. The van der Waals surface area contributed by atoms with E-state index in [1.54, 1.807) is 28.6 Å². The molecule has 2 heterocycles. The van der Waals surface area contributed by atoms with Crippen LogP contribution in [0.1, 0.15) is 41.6 Å². The Kier molecular flexibility index (Phi) is 8.80. The lowest BCUT2D eigenvalue weighted by molar-refractivity contribution is -0.119. The summed E-state index contributed by atoms with van der Waals surface area (Å²) in [5, 5.41) is 3.50. The minimum Gasteiger partial charge on any atom is -0.327 e. The van der Waals surface area contributed by atoms with Crippen molar-refractivity contribution in [3.8, 4) is 0 Å². The molecular formula is C30H31Cl2N3O4S. The lowest BCUT2D eigenvalue weighted by Crippen LogP contribution is -2.43. The molecule has 3 aromatic rings. The minimum absolute atomic E-state index is 0.195. The molecule has 1 unspecified atom stereocenters. The Morgan fingerprint density at radius 1 is 0.875 bits per heavy atom. The van der Waals surface area contributed by atoms with Gasteiger partial charge in [-0.05, 0) is 86.1 Å². The average molecular weight is 601 g/mol. The first-order chi connectivity index (χ1) is 19.2. The molecule has 0 aromatic heterocycles. The first kappa shape index (κ1) is 28.6. The van der Waals surface area contributed by atoms with Crippen molar-refractivity contribution in [2.45, 2.75) is 43.0 Å². The summed E-state index contributed by atoms with van der Waals surface area (Å²) in [4.78, 5) is 28.0. The molecule has 0 spiro atoms. The molecule has 1 atom stereocenters. The van der Waals surface area contributed by atoms with E-state index in [-0.39, 0.29) is 27.3 Å². The van der Waals surface area contributed by atoms with Gasteiger partial charge in [-0.15, -0.1) is 0 Å². The van der Waals surface area contributed by atoms with Gasteiger partial charge >= 0.3 is 0 Å². The van der Waals surface area contributed by atoms with Crippen LogP contribution < -0.4 is 5.32 Å². The van der Waals surface area contributed by atoms with Gasteiger partial charge in [0.1, 0.15) is 6.04 Å². The van der Waals surface area contributed by atoms with Crippen LogP contribution in [-0.4, -0.2) is 55.1 Å². The number of anilines is 1. The molecule has 1 N–H and O–H groups in total. The van der Waals surface area contributed by atoms with E-state index in [2.05, 4.69) is 17.4 Å². The molecule has 5 rings (SSSR count). The molecule has 2 saturated heterocycles. The summed E-state index contributed by atoms with van der Waals surface area (Å²) in [6.07, 6.45) is 3.79. The van der Waals surface area contributed by atoms with Crippen LogP contribution in [0.25, 0.3) is 0 Å². The van der Waals surface area contributed by atoms with Crippen LogP contribution in [0.4, 0.5) is 5.69 Å². The minimum atomic E-state index is -3.63. The third-order valence-corrected chi connectivity index (χ3v) is 10.2. The summed E-state index contributed by atoms with van der Waals surface area (Å²) >= 11 is 12.3. The van der Waals surface area contributed by atoms with E-state index in [0.29, 0.717) is 49.1 Å². The number of benzene rings is 3. The molecule has 0 aliphatic carbocycles. The summed E-state index contributed by atoms with van der Waals surface area (Å²) in [7, 11) is -3.63. The van der Waals surface area contributed by atoms with Crippen molar-refractivity contribution in [2.75, 3.05) is 25.0 Å². The fourth-order valence-corrected chi connectivity index (χ4v) is 7.32. The van der Waals surface area contributed by atoms with Gasteiger partial charge < -0.3 is 10.2 Å². The smallest absolute Gasteiger partial charge is 0.256 e. The molecule has 210 valence electrons. The second-order valence-corrected chi connectivity index (χ2v) is 13.1. The van der Waals surface area contributed by atoms with Gasteiger partial charge in [0, 0.05) is 30.3 Å². The fourth-order valence-electron chi connectivity index (χ4n) is 5.48. The number of amides is 2. The van der Waals surface area contributed by atoms with Crippen molar-refractivity contribution in [2.24, 2.45) is 5.92 Å². The van der Waals surface area contributed by atoms with Crippen molar-refractivity contribution in [1.29, 1.82) is 0 Å². The molecule has 2 aliphatic rings. The van der Waals surface area contributed by atoms with Crippen LogP contribution in [0.3, 0.4) is 0 Å². The van der Waals surface area contributed by atoms with Crippen molar-refractivity contribution >= 4 is 50.7 Å². The highest BCUT2D eigenvalue weighted by Gasteiger charge is 2.35. The van der Waals surface area contributed by atoms with Crippen LogP contribution in [0, 0.1) is 5.92 Å². The van der Waals surface area contributed by atoms with Gasteiger partial charge in [-0.2, -0.15) is 4.31 Å². The number of sulfonamides is 1. The molecule has 2 amide bonds. The number of halogens is 2. The summed E-state index contributed by atoms with van der Waals surface area (Å²) in [5.41, 5.74) is 2.00. The number of carbonyl (C=O) groups excluding carboxylic acids is 2. The van der Waals surface area contributed by atoms with Crippen LogP contribution in [0.2, 0.25) is 10.0 Å². The lowest BCUT2D eigenvalue weighted by Gasteiger charge is -2.31. The number of rotatable bonds is 7. The van der Waals surface area contributed by atoms with Crippen LogP contribution in [0.5, 0.6) is 0 Å². The Hall–Kier alpha value is -2.91. The highest BCUT2D eigenvalue weighted by Crippen LogP contribution is 2.29. The fraction of sp³-hybridized carbons (Fsp3) is 0.333. The molecule has 3 aromatic carbocycles. The molecule has 0 saturated carbocycles. The van der Waals surface area contributed by atoms with Gasteiger partial charge in [0.25, 0.3) is 5.91 Å². The Morgan fingerprint density at radius 3 is 2.27 bits per heavy atom. The zero-order valence-electron chi connectivity index (χ0n) is 21.9. The summed E-state index contributed by atoms with van der Waals surface area (Å²) in [5.74, 6) is -0.220. The van der Waals surface area contributed by atoms with E-state index >= 15 is 0 Å². The second kappa shape index (κ2) is 12.3. The number of nitrogens with zero attached hydrogens (tertiary/aromatic N) is 2. The third kappa shape index (κ3) is 6.36. The quantitative estimate of drug-likeness (QED) is 0.367. The van der Waals surface area contributed by atoms with Crippen molar-refractivity contribution in [3.63, 3.8) is 0 Å². The SMILES string of the molecule is O=C(Nc1ccc(S(=O)(=O)N2CCC(Cc3ccccc3)CC2)cc1)C1CCCN1C(=O)c1cc(Cl)ccc1Cl. The van der Waals surface area contributed by atoms with E-state index in [1.165, 1.54) is 28.7 Å². The molecule has 2 aliphatic heterocycles. The number of hydrogen-bond acceptors (Lipinski definition) is 4. The number of likely N-dealkylation sites (tertiary alicyclic amines) is 1. The van der Waals surface area contributed by atoms with Gasteiger partial charge in [0.2, 0.25) is 15.9 Å². The Morgan fingerprint density at radius 2 is 1.57 bits per heavy atom. The maximum Gasteiger partial charge on any atom is 0.256 e. The first-order valence-electron chi connectivity index (χ1n) is 13.4. The zero-order valence-corrected chi connectivity index (χ0v) is 24.3. The molecule has 10 heteroatoms. The van der Waals surface area contributed by atoms with Crippen molar-refractivity contribution in [3.05, 3.63) is 94.0 Å². The monoisotopic (exact) mass is 599 g/mol. The number of piperidine rings is 1. The second-order valence-electron chi connectivity index (χ2n) is 10.3. The summed E-state index contributed by atoms with van der Waals surface area (Å²) in [6.45, 7) is 1.40. The molecule has 40 heavy (non-hydrogen) atoms. The van der Waals surface area contributed by atoms with Gasteiger partial charge in [-0.1, -0.05) is 53.5 Å². The van der Waals surface area contributed by atoms with E-state index in [0.717, 1.165) is 19.3 Å². The largest absolute Gasteiger partial charge is 0.327 e. The molecule has 7 nitrogen and oxygen atoms in total. The van der Waals surface area contributed by atoms with Crippen molar-refractivity contribution in [1.82, 2.24) is 9.21 Å². The van der Waals surface area contributed by atoms with E-state index < -0.39 is 16.1 Å². The first-order valence-corrected chi connectivity index (χ1v) is 15.6. The predicted octanol–water partition coefficient (Wildman–Crippen LogP) is 5.88. The van der Waals surface area contributed by atoms with Crippen LogP contribution in [0.15, 0.2) is 77.7 Å². The predicted molar refractivity (Wildman–Crippen MR) is 157 cm³/mol. The topological polar surface area (TPSA) is 86.8 Å². The van der Waals surface area contributed by atoms with Crippen LogP contribution in [-0.2, 0) is 21.2 Å². The number of hydrogen-bond donors (Lipinski definition) is 1. The Balaban J connectivity index is 1.19. The van der Waals surface area contributed by atoms with Gasteiger partial charge in [0.05, 0.1) is 15.5 Å². The number of carbonyl (C=O) groups is 2. The summed E-state index contributed by atoms with van der Waals surface area (Å²) < 4.78 is 28.1. The number of nitrogens with one attached hydrogen (secondary N) is 1. The van der Waals surface area contributed by atoms with Gasteiger partial charge in [-0.3, -0.25) is 9.59 Å². The molecular weight excluding hydrogens is 569 g/mol. The Bertz CT molecular complexity index is 1470. The molecule has 0 bridgehead atoms. The highest BCUT2D eigenvalue weighted by atomic mass is 35.5. The normalized spacial score (nSPS) is 18.6. The van der Waals surface area contributed by atoms with Gasteiger partial charge in [-0.25, -0.2) is 8.42 Å². The van der Waals surface area contributed by atoms with Gasteiger partial charge in [0.15, 0.2) is 0 Å². The maximum atomic E-state index is 13.3. The highest BCUT2D eigenvalue weighted by molar-refractivity contribution is 7.89. The average Bonchev–Trinajstić information content (AvgIpc) is 3.46.